The second kappa shape index (κ2) is 15.2. The highest BCUT2D eigenvalue weighted by Gasteiger charge is 2.45. The Morgan fingerprint density at radius 1 is 0.319 bits per heavy atom. The molecule has 0 fully saturated rings. The number of rotatable bonds is 6. The van der Waals surface area contributed by atoms with Gasteiger partial charge in [0.1, 0.15) is 23.0 Å². The molecule has 0 amide bonds. The fourth-order valence-corrected chi connectivity index (χ4v) is 13.9. The molecule has 0 bridgehead atoms. The fraction of sp³-hybridized carbons (Fsp3) is 0.235. The van der Waals surface area contributed by atoms with Gasteiger partial charge in [-0.1, -0.05) is 151 Å². The Morgan fingerprint density at radius 2 is 0.681 bits per heavy atom. The quantitative estimate of drug-likeness (QED) is 0.122. The average molecular weight is 931 g/mol. The Hall–Kier alpha value is -7.03. The van der Waals surface area contributed by atoms with Crippen LogP contribution in [0.3, 0.4) is 0 Å². The van der Waals surface area contributed by atoms with E-state index in [0.29, 0.717) is 23.7 Å². The summed E-state index contributed by atoms with van der Waals surface area (Å²) < 4.78 is 14.4. The third-order valence-corrected chi connectivity index (χ3v) is 17.6. The van der Waals surface area contributed by atoms with E-state index in [1.54, 1.807) is 0 Å². The van der Waals surface area contributed by atoms with Crippen LogP contribution in [-0.2, 0) is 0 Å². The minimum Gasteiger partial charge on any atom is -0.458 e. The van der Waals surface area contributed by atoms with Crippen LogP contribution >= 0.6 is 0 Å². The van der Waals surface area contributed by atoms with Crippen molar-refractivity contribution in [3.63, 3.8) is 0 Å². The molecule has 0 saturated heterocycles. The first-order valence-electron chi connectivity index (χ1n) is 26.7. The monoisotopic (exact) mass is 930 g/mol. The Morgan fingerprint density at radius 3 is 1.04 bits per heavy atom. The van der Waals surface area contributed by atoms with E-state index >= 15 is 0 Å². The van der Waals surface area contributed by atoms with Gasteiger partial charge in [-0.15, -0.1) is 0 Å². The number of fused-ring (bicyclic) bond motifs is 8. The van der Waals surface area contributed by atoms with E-state index in [2.05, 4.69) is 204 Å². The highest BCUT2D eigenvalue weighted by atomic mass is 16.5. The summed E-state index contributed by atoms with van der Waals surface area (Å²) in [6, 6.07) is 48.1. The summed E-state index contributed by atoms with van der Waals surface area (Å²) in [4.78, 5) is 0. The van der Waals surface area contributed by atoms with Gasteiger partial charge in [-0.2, -0.15) is 0 Å². The average Bonchev–Trinajstić information content (AvgIpc) is 3.35. The van der Waals surface area contributed by atoms with Crippen molar-refractivity contribution in [3.05, 3.63) is 166 Å². The molecule has 4 aliphatic heterocycles. The summed E-state index contributed by atoms with van der Waals surface area (Å²) in [6.45, 7) is 27.6. The molecule has 0 saturated carbocycles. The van der Waals surface area contributed by atoms with Crippen molar-refractivity contribution < 1.29 is 9.47 Å². The van der Waals surface area contributed by atoms with E-state index in [9.17, 15) is 0 Å². The molecule has 0 atom stereocenters. The van der Waals surface area contributed by atoms with E-state index < -0.39 is 0 Å². The van der Waals surface area contributed by atoms with E-state index in [0.717, 1.165) is 23.0 Å². The first-order chi connectivity index (χ1) is 34.7. The molecule has 10 aromatic carbocycles. The van der Waals surface area contributed by atoms with Crippen LogP contribution in [0, 0.1) is 27.7 Å². The van der Waals surface area contributed by atoms with Crippen molar-refractivity contribution in [1.29, 1.82) is 0 Å². The van der Waals surface area contributed by atoms with Gasteiger partial charge in [0.15, 0.2) is 0 Å². The topological polar surface area (TPSA) is 18.5 Å². The highest BCUT2D eigenvalue weighted by molar-refractivity contribution is 7.01. The van der Waals surface area contributed by atoms with E-state index in [4.69, 9.17) is 9.47 Å². The molecular weight excluding hydrogens is 870 g/mol. The third-order valence-electron chi connectivity index (χ3n) is 17.6. The second-order valence-electron chi connectivity index (χ2n) is 23.2. The molecule has 0 unspecified atom stereocenters. The molecule has 2 nitrogen and oxygen atoms in total. The van der Waals surface area contributed by atoms with Gasteiger partial charge in [-0.3, -0.25) is 0 Å². The Balaban J connectivity index is 1.25. The van der Waals surface area contributed by atoms with Crippen molar-refractivity contribution in [2.75, 3.05) is 0 Å². The normalized spacial score (nSPS) is 13.7. The van der Waals surface area contributed by atoms with E-state index in [-0.39, 0.29) is 13.4 Å². The minimum atomic E-state index is -0.0152. The lowest BCUT2D eigenvalue weighted by atomic mass is 9.31. The number of hydrogen-bond donors (Lipinski definition) is 0. The first kappa shape index (κ1) is 43.7. The number of hydrogen-bond acceptors (Lipinski definition) is 2. The molecule has 72 heavy (non-hydrogen) atoms. The summed E-state index contributed by atoms with van der Waals surface area (Å²) >= 11 is 0. The first-order valence-corrected chi connectivity index (χ1v) is 26.7. The molecule has 4 aliphatic rings. The van der Waals surface area contributed by atoms with Crippen LogP contribution in [0.15, 0.2) is 121 Å². The molecule has 0 spiro atoms. The summed E-state index contributed by atoms with van der Waals surface area (Å²) in [7, 11) is 0. The van der Waals surface area contributed by atoms with Gasteiger partial charge in [0.05, 0.1) is 0 Å². The number of ether oxygens (including phenoxy) is 2. The van der Waals surface area contributed by atoms with Crippen LogP contribution in [0.5, 0.6) is 23.0 Å². The van der Waals surface area contributed by atoms with Crippen molar-refractivity contribution in [1.82, 2.24) is 0 Å². The maximum atomic E-state index is 7.22. The van der Waals surface area contributed by atoms with Gasteiger partial charge in [-0.25, -0.2) is 0 Å². The van der Waals surface area contributed by atoms with Gasteiger partial charge in [0, 0.05) is 0 Å². The van der Waals surface area contributed by atoms with E-state index in [1.807, 2.05) is 0 Å². The summed E-state index contributed by atoms with van der Waals surface area (Å²) in [5, 5.41) is 8.17. The molecule has 0 aromatic heterocycles. The molecule has 10 aromatic rings. The lowest BCUT2D eigenvalue weighted by molar-refractivity contribution is 0.485. The molecule has 4 heteroatoms. The van der Waals surface area contributed by atoms with Gasteiger partial charge < -0.3 is 9.47 Å². The number of aryl methyl sites for hydroxylation is 4. The minimum absolute atomic E-state index is 0.0152. The molecule has 4 heterocycles. The SMILES string of the molecule is Cc1cccc(C)c1-c1cc2c3c(cc4c(-c5c(C)cccc5C)cc5c6c(cc1c3c46)B1c3ccc(C(C)C)cc3Oc3cc(C(C)C)cc-5c31)B1c3ccc(C(C)C)cc3Oc3cc(C(C)C)cc-2c31. The number of benzene rings is 10. The van der Waals surface area contributed by atoms with Crippen LogP contribution in [0.25, 0.3) is 76.8 Å². The van der Waals surface area contributed by atoms with Gasteiger partial charge in [0.2, 0.25) is 0 Å². The smallest absolute Gasteiger partial charge is 0.252 e. The van der Waals surface area contributed by atoms with Gasteiger partial charge in [-0.05, 0) is 231 Å². The maximum absolute atomic E-state index is 7.22. The molecule has 14 rings (SSSR count). The predicted octanol–water partition coefficient (Wildman–Crippen LogP) is 14.8. The van der Waals surface area contributed by atoms with Crippen LogP contribution < -0.4 is 42.3 Å². The van der Waals surface area contributed by atoms with Gasteiger partial charge in [0.25, 0.3) is 13.4 Å². The van der Waals surface area contributed by atoms with Crippen LogP contribution in [0.1, 0.15) is 124 Å². The fourth-order valence-electron chi connectivity index (χ4n) is 13.9. The molecular formula is C68H60B2O2. The Labute approximate surface area is 425 Å². The second-order valence-corrected chi connectivity index (χ2v) is 23.2. The molecule has 350 valence electrons. The largest absolute Gasteiger partial charge is 0.458 e. The Bertz CT molecular complexity index is 3750. The summed E-state index contributed by atoms with van der Waals surface area (Å²) in [5.74, 6) is 5.35. The predicted molar refractivity (Wildman–Crippen MR) is 310 cm³/mol. The van der Waals surface area contributed by atoms with Gasteiger partial charge >= 0.3 is 0 Å². The van der Waals surface area contributed by atoms with Crippen molar-refractivity contribution in [3.8, 4) is 67.5 Å². The zero-order valence-electron chi connectivity index (χ0n) is 43.8. The zero-order chi connectivity index (χ0) is 49.5. The molecule has 0 radical (unpaired) electrons. The van der Waals surface area contributed by atoms with E-state index in [1.165, 1.54) is 154 Å². The van der Waals surface area contributed by atoms with Crippen LogP contribution in [0.4, 0.5) is 0 Å². The van der Waals surface area contributed by atoms with Crippen molar-refractivity contribution >= 4 is 78.5 Å². The molecule has 0 aliphatic carbocycles. The van der Waals surface area contributed by atoms with Crippen molar-refractivity contribution in [2.24, 2.45) is 0 Å². The Kier molecular flexibility index (Phi) is 9.26. The maximum Gasteiger partial charge on any atom is 0.252 e. The standard InChI is InChI=1S/C68H60B2O2/c1-33(2)41-19-21-53-57(25-41)71-59-27-43(35(5)6)23-51-47-29-46(62-39(11)17-14-18-40(62)12)50-32-56-64-48(52-24-44(36(7)8)28-60-68(52)70(56)54-22-20-42(34(3)4)26-58(54)72-60)30-45(61-37(9)15-13-16-38(61)10)49-31-55(69(53)67(51)59)63(47)65(50)66(49)64/h13-36H,1-12H3. The highest BCUT2D eigenvalue weighted by Crippen LogP contribution is 2.53. The van der Waals surface area contributed by atoms with Crippen LogP contribution in [0.2, 0.25) is 0 Å². The molecule has 0 N–H and O–H groups in total. The lowest BCUT2D eigenvalue weighted by Crippen LogP contribution is -2.58. The summed E-state index contributed by atoms with van der Waals surface area (Å²) in [6.07, 6.45) is 0. The van der Waals surface area contributed by atoms with Crippen molar-refractivity contribution in [2.45, 2.75) is 107 Å². The third kappa shape index (κ3) is 5.87. The zero-order valence-corrected chi connectivity index (χ0v) is 43.8. The van der Waals surface area contributed by atoms with Crippen LogP contribution in [-0.4, -0.2) is 13.4 Å². The summed E-state index contributed by atoms with van der Waals surface area (Å²) in [5.41, 5.74) is 28.7. The lowest BCUT2D eigenvalue weighted by Gasteiger charge is -2.38.